The van der Waals surface area contributed by atoms with E-state index in [9.17, 15) is 0 Å². The minimum absolute atomic E-state index is 0. The molecule has 2 heterocycles. The van der Waals surface area contributed by atoms with E-state index >= 15 is 0 Å². The first-order valence-electron chi connectivity index (χ1n) is 6.14. The third-order valence-electron chi connectivity index (χ3n) is 3.09. The van der Waals surface area contributed by atoms with Crippen molar-refractivity contribution in [2.75, 3.05) is 0 Å². The minimum atomic E-state index is 0. The predicted octanol–water partition coefficient (Wildman–Crippen LogP) is 0.611. The Morgan fingerprint density at radius 1 is 1.05 bits per heavy atom. The number of rotatable bonds is 2. The molecule has 0 bridgehead atoms. The Kier molecular flexibility index (Phi) is 8.00. The van der Waals surface area contributed by atoms with E-state index < -0.39 is 0 Å². The van der Waals surface area contributed by atoms with Crippen LogP contribution < -0.4 is 29.6 Å². The first kappa shape index (κ1) is 18.9. The second-order valence-corrected chi connectivity index (χ2v) is 6.85. The van der Waals surface area contributed by atoms with Gasteiger partial charge >= 0.3 is 29.6 Å². The SMILES string of the molecule is Ic1nc(C2CC2)[nH]c1I.[Na+].[OH-].c1c[nH]c(C2CC2)n1. The second-order valence-electron chi connectivity index (χ2n) is 4.75. The summed E-state index contributed by atoms with van der Waals surface area (Å²) in [6.45, 7) is 0. The summed E-state index contributed by atoms with van der Waals surface area (Å²) in [7, 11) is 0. The van der Waals surface area contributed by atoms with E-state index in [0.717, 1.165) is 15.5 Å². The Labute approximate surface area is 167 Å². The molecule has 2 aromatic rings. The maximum Gasteiger partial charge on any atom is 1.00 e. The Balaban J connectivity index is 0.000000185. The van der Waals surface area contributed by atoms with Crippen molar-refractivity contribution in [3.8, 4) is 0 Å². The van der Waals surface area contributed by atoms with Crippen molar-refractivity contribution in [2.45, 2.75) is 37.5 Å². The molecule has 2 fully saturated rings. The number of aromatic nitrogens is 4. The number of nitrogens with one attached hydrogen (secondary N) is 2. The van der Waals surface area contributed by atoms with Crippen LogP contribution in [0.5, 0.6) is 0 Å². The van der Waals surface area contributed by atoms with Crippen LogP contribution in [0.15, 0.2) is 12.4 Å². The van der Waals surface area contributed by atoms with Crippen LogP contribution >= 0.6 is 45.2 Å². The van der Waals surface area contributed by atoms with Gasteiger partial charge in [-0.2, -0.15) is 0 Å². The average molecular weight is 508 g/mol. The Hall–Kier alpha value is 0.840. The van der Waals surface area contributed by atoms with Crippen molar-refractivity contribution in [3.05, 3.63) is 31.4 Å². The number of imidazole rings is 2. The fourth-order valence-corrected chi connectivity index (χ4v) is 2.55. The van der Waals surface area contributed by atoms with Gasteiger partial charge in [-0.25, -0.2) is 9.97 Å². The summed E-state index contributed by atoms with van der Waals surface area (Å²) in [6, 6.07) is 0. The normalized spacial score (nSPS) is 16.5. The van der Waals surface area contributed by atoms with Gasteiger partial charge in [0.05, 0.1) is 0 Å². The molecule has 2 aliphatic carbocycles. The summed E-state index contributed by atoms with van der Waals surface area (Å²) in [6.07, 6.45) is 8.99. The fraction of sp³-hybridized carbons (Fsp3) is 0.500. The zero-order valence-corrected chi connectivity index (χ0v) is 17.6. The number of H-pyrrole nitrogens is 2. The van der Waals surface area contributed by atoms with Gasteiger partial charge in [-0.1, -0.05) is 0 Å². The van der Waals surface area contributed by atoms with Gasteiger partial charge in [0, 0.05) is 24.2 Å². The molecule has 2 saturated carbocycles. The van der Waals surface area contributed by atoms with E-state index in [1.807, 2.05) is 12.4 Å². The molecule has 0 saturated heterocycles. The quantitative estimate of drug-likeness (QED) is 0.461. The average Bonchev–Trinajstić information content (AvgIpc) is 3.29. The van der Waals surface area contributed by atoms with Crippen LogP contribution in [0.25, 0.3) is 0 Å². The molecule has 0 spiro atoms. The van der Waals surface area contributed by atoms with Crippen LogP contribution in [0.4, 0.5) is 0 Å². The molecule has 2 aliphatic rings. The van der Waals surface area contributed by atoms with Gasteiger partial charge in [0.1, 0.15) is 19.1 Å². The molecule has 4 rings (SSSR count). The monoisotopic (exact) mass is 508 g/mol. The van der Waals surface area contributed by atoms with E-state index in [2.05, 4.69) is 65.1 Å². The third kappa shape index (κ3) is 5.24. The number of hydrogen-bond acceptors (Lipinski definition) is 3. The zero-order chi connectivity index (χ0) is 12.5. The van der Waals surface area contributed by atoms with Crippen LogP contribution in [0.3, 0.4) is 0 Å². The third-order valence-corrected chi connectivity index (χ3v) is 5.68. The topological polar surface area (TPSA) is 87.4 Å². The Morgan fingerprint density at radius 2 is 1.65 bits per heavy atom. The van der Waals surface area contributed by atoms with Crippen LogP contribution in [-0.2, 0) is 0 Å². The smallest absolute Gasteiger partial charge is 0.870 e. The summed E-state index contributed by atoms with van der Waals surface area (Å²) in [4.78, 5) is 14.9. The Morgan fingerprint density at radius 3 is 2.05 bits per heavy atom. The first-order chi connectivity index (χ1) is 8.74. The maximum absolute atomic E-state index is 4.40. The van der Waals surface area contributed by atoms with Crippen LogP contribution in [-0.4, -0.2) is 25.4 Å². The minimum Gasteiger partial charge on any atom is -0.870 e. The molecule has 5 nitrogen and oxygen atoms in total. The standard InChI is InChI=1S/C6H6I2N2.C6H8N2.Na.H2O/c7-4-5(8)10-6(9-4)3-1-2-3;1-2-5(1)6-7-3-4-8-6;;/h3H,1-2H2,(H,9,10);3-5H,1-2H2,(H,7,8);;1H2/q;;+1;/p-1. The van der Waals surface area contributed by atoms with Crippen molar-refractivity contribution in [1.82, 2.24) is 19.9 Å². The summed E-state index contributed by atoms with van der Waals surface area (Å²) in [5.41, 5.74) is 0. The van der Waals surface area contributed by atoms with Crippen LogP contribution in [0.1, 0.15) is 49.2 Å². The number of aromatic amines is 2. The zero-order valence-electron chi connectivity index (χ0n) is 11.2. The van der Waals surface area contributed by atoms with Gasteiger partial charge in [0.2, 0.25) is 0 Å². The fourth-order valence-electron chi connectivity index (χ4n) is 1.75. The van der Waals surface area contributed by atoms with Gasteiger partial charge in [0.15, 0.2) is 0 Å². The van der Waals surface area contributed by atoms with Crippen molar-refractivity contribution < 1.29 is 35.0 Å². The molecular formula is C12H15I2N4NaO. The first-order valence-corrected chi connectivity index (χ1v) is 8.30. The Bertz CT molecular complexity index is 504. The van der Waals surface area contributed by atoms with E-state index in [1.54, 1.807) is 0 Å². The molecule has 2 aromatic heterocycles. The largest absolute Gasteiger partial charge is 1.00 e. The summed E-state index contributed by atoms with van der Waals surface area (Å²) < 4.78 is 2.29. The van der Waals surface area contributed by atoms with Crippen LogP contribution in [0.2, 0.25) is 0 Å². The molecule has 20 heavy (non-hydrogen) atoms. The molecule has 8 heteroatoms. The van der Waals surface area contributed by atoms with E-state index in [1.165, 1.54) is 41.0 Å². The van der Waals surface area contributed by atoms with E-state index in [4.69, 9.17) is 0 Å². The van der Waals surface area contributed by atoms with Gasteiger partial charge < -0.3 is 15.4 Å². The van der Waals surface area contributed by atoms with Crippen molar-refractivity contribution in [2.24, 2.45) is 0 Å². The molecule has 104 valence electrons. The molecule has 0 aliphatic heterocycles. The predicted molar refractivity (Wildman–Crippen MR) is 88.5 cm³/mol. The van der Waals surface area contributed by atoms with E-state index in [-0.39, 0.29) is 35.0 Å². The summed E-state index contributed by atoms with van der Waals surface area (Å²) in [5.74, 6) is 3.88. The molecule has 0 amide bonds. The molecular weight excluding hydrogens is 493 g/mol. The second kappa shape index (κ2) is 8.47. The molecule has 0 unspecified atom stereocenters. The molecule has 0 radical (unpaired) electrons. The van der Waals surface area contributed by atoms with Crippen LogP contribution in [0, 0.1) is 7.40 Å². The molecule has 0 atom stereocenters. The van der Waals surface area contributed by atoms with Gasteiger partial charge in [-0.3, -0.25) is 0 Å². The van der Waals surface area contributed by atoms with E-state index in [0.29, 0.717) is 0 Å². The van der Waals surface area contributed by atoms with Crippen molar-refractivity contribution >= 4 is 45.2 Å². The van der Waals surface area contributed by atoms with Gasteiger partial charge in [-0.15, -0.1) is 0 Å². The number of nitrogens with zero attached hydrogens (tertiary/aromatic N) is 2. The van der Waals surface area contributed by atoms with Crippen molar-refractivity contribution in [3.63, 3.8) is 0 Å². The summed E-state index contributed by atoms with van der Waals surface area (Å²) in [5, 5.41) is 0. The molecule has 3 N–H and O–H groups in total. The summed E-state index contributed by atoms with van der Waals surface area (Å²) >= 11 is 4.54. The molecule has 0 aromatic carbocycles. The van der Waals surface area contributed by atoms with Crippen molar-refractivity contribution in [1.29, 1.82) is 0 Å². The van der Waals surface area contributed by atoms with Gasteiger partial charge in [0.25, 0.3) is 0 Å². The van der Waals surface area contributed by atoms with Gasteiger partial charge in [-0.05, 0) is 70.9 Å². The maximum atomic E-state index is 4.40. The number of halogens is 2. The number of hydrogen-bond donors (Lipinski definition) is 2.